The van der Waals surface area contributed by atoms with Crippen LogP contribution in [0.5, 0.6) is 0 Å². The van der Waals surface area contributed by atoms with Gasteiger partial charge in [-0.2, -0.15) is 10.4 Å². The van der Waals surface area contributed by atoms with Crippen molar-refractivity contribution in [2.24, 2.45) is 0 Å². The summed E-state index contributed by atoms with van der Waals surface area (Å²) in [5.74, 6) is 0.606. The number of β-amino-alcohol motifs (C(OH)–C–C–N with tert-alkyl or cyclic N) is 1. The Kier molecular flexibility index (Phi) is 3.25. The number of aryl methyl sites for hydroxylation is 1. The topological polar surface area (TPSA) is 73.0 Å². The molecule has 1 aliphatic rings. The normalized spacial score (nSPS) is 20.1. The Labute approximate surface area is 101 Å². The molecule has 17 heavy (non-hydrogen) atoms. The quantitative estimate of drug-likeness (QED) is 0.779. The molecule has 1 saturated heterocycles. The average Bonchev–Trinajstić information content (AvgIpc) is 2.32. The standard InChI is InChI=1S/C12H16N4O/c1-8-9(2)14-15-12(11(8)6-13)16-5-3-4-10(17)7-16/h10,17H,3-5,7H2,1-2H3. The van der Waals surface area contributed by atoms with E-state index < -0.39 is 0 Å². The smallest absolute Gasteiger partial charge is 0.169 e. The second-order valence-corrected chi connectivity index (χ2v) is 4.46. The van der Waals surface area contributed by atoms with Crippen molar-refractivity contribution in [2.75, 3.05) is 18.0 Å². The zero-order chi connectivity index (χ0) is 12.4. The summed E-state index contributed by atoms with van der Waals surface area (Å²) in [6.45, 7) is 5.08. The molecular formula is C12H16N4O. The van der Waals surface area contributed by atoms with Crippen molar-refractivity contribution in [2.45, 2.75) is 32.8 Å². The lowest BCUT2D eigenvalue weighted by molar-refractivity contribution is 0.153. The lowest BCUT2D eigenvalue weighted by Gasteiger charge is -2.31. The molecule has 0 radical (unpaired) electrons. The van der Waals surface area contributed by atoms with Gasteiger partial charge in [-0.05, 0) is 32.3 Å². The van der Waals surface area contributed by atoms with Crippen LogP contribution in [0.1, 0.15) is 29.7 Å². The highest BCUT2D eigenvalue weighted by molar-refractivity contribution is 5.57. The molecule has 5 heteroatoms. The fourth-order valence-corrected chi connectivity index (χ4v) is 2.10. The van der Waals surface area contributed by atoms with Gasteiger partial charge in [-0.3, -0.25) is 0 Å². The zero-order valence-electron chi connectivity index (χ0n) is 10.1. The van der Waals surface area contributed by atoms with Gasteiger partial charge in [0.1, 0.15) is 11.6 Å². The SMILES string of the molecule is Cc1nnc(N2CCCC(O)C2)c(C#N)c1C. The molecule has 0 amide bonds. The Bertz CT molecular complexity index is 466. The number of hydrogen-bond donors (Lipinski definition) is 1. The third kappa shape index (κ3) is 2.22. The van der Waals surface area contributed by atoms with Gasteiger partial charge in [-0.1, -0.05) is 0 Å². The van der Waals surface area contributed by atoms with Crippen LogP contribution >= 0.6 is 0 Å². The van der Waals surface area contributed by atoms with Crippen LogP contribution in [0.2, 0.25) is 0 Å². The average molecular weight is 232 g/mol. The van der Waals surface area contributed by atoms with Gasteiger partial charge in [-0.15, -0.1) is 5.10 Å². The van der Waals surface area contributed by atoms with Crippen molar-refractivity contribution in [3.8, 4) is 6.07 Å². The van der Waals surface area contributed by atoms with E-state index in [1.165, 1.54) is 0 Å². The Morgan fingerprint density at radius 3 is 2.82 bits per heavy atom. The first-order valence-corrected chi connectivity index (χ1v) is 5.80. The molecule has 1 fully saturated rings. The minimum Gasteiger partial charge on any atom is -0.391 e. The lowest BCUT2D eigenvalue weighted by atomic mass is 10.1. The maximum Gasteiger partial charge on any atom is 0.169 e. The molecule has 1 aliphatic heterocycles. The Hall–Kier alpha value is -1.67. The highest BCUT2D eigenvalue weighted by Gasteiger charge is 2.23. The second kappa shape index (κ2) is 4.68. The fourth-order valence-electron chi connectivity index (χ4n) is 2.10. The third-order valence-corrected chi connectivity index (χ3v) is 3.24. The van der Waals surface area contributed by atoms with Gasteiger partial charge in [-0.25, -0.2) is 0 Å². The van der Waals surface area contributed by atoms with Crippen LogP contribution in [-0.2, 0) is 0 Å². The van der Waals surface area contributed by atoms with Crippen molar-refractivity contribution < 1.29 is 5.11 Å². The van der Waals surface area contributed by atoms with Crippen LogP contribution in [0, 0.1) is 25.2 Å². The molecule has 90 valence electrons. The Balaban J connectivity index is 2.38. The molecule has 1 N–H and O–H groups in total. The summed E-state index contributed by atoms with van der Waals surface area (Å²) in [5.41, 5.74) is 2.23. The molecule has 1 aromatic heterocycles. The number of aliphatic hydroxyl groups excluding tert-OH is 1. The van der Waals surface area contributed by atoms with Crippen molar-refractivity contribution in [3.63, 3.8) is 0 Å². The second-order valence-electron chi connectivity index (χ2n) is 4.46. The summed E-state index contributed by atoms with van der Waals surface area (Å²) in [7, 11) is 0. The van der Waals surface area contributed by atoms with E-state index in [-0.39, 0.29) is 6.10 Å². The van der Waals surface area contributed by atoms with E-state index in [2.05, 4.69) is 16.3 Å². The van der Waals surface area contributed by atoms with Crippen LogP contribution in [-0.4, -0.2) is 34.5 Å². The molecule has 5 nitrogen and oxygen atoms in total. The van der Waals surface area contributed by atoms with E-state index >= 15 is 0 Å². The molecule has 2 rings (SSSR count). The molecule has 0 spiro atoms. The third-order valence-electron chi connectivity index (χ3n) is 3.24. The zero-order valence-corrected chi connectivity index (χ0v) is 10.1. The molecule has 1 aromatic rings. The van der Waals surface area contributed by atoms with Crippen molar-refractivity contribution >= 4 is 5.82 Å². The van der Waals surface area contributed by atoms with E-state index in [9.17, 15) is 10.4 Å². The maximum absolute atomic E-state index is 9.66. The Morgan fingerprint density at radius 1 is 1.41 bits per heavy atom. The van der Waals surface area contributed by atoms with E-state index in [1.807, 2.05) is 18.7 Å². The number of rotatable bonds is 1. The highest BCUT2D eigenvalue weighted by atomic mass is 16.3. The van der Waals surface area contributed by atoms with Crippen molar-refractivity contribution in [3.05, 3.63) is 16.8 Å². The summed E-state index contributed by atoms with van der Waals surface area (Å²) >= 11 is 0. The summed E-state index contributed by atoms with van der Waals surface area (Å²) < 4.78 is 0. The largest absolute Gasteiger partial charge is 0.391 e. The molecule has 1 unspecified atom stereocenters. The highest BCUT2D eigenvalue weighted by Crippen LogP contribution is 2.24. The van der Waals surface area contributed by atoms with Gasteiger partial charge in [0, 0.05) is 13.1 Å². The monoisotopic (exact) mass is 232 g/mol. The van der Waals surface area contributed by atoms with E-state index in [4.69, 9.17) is 0 Å². The minimum atomic E-state index is -0.335. The van der Waals surface area contributed by atoms with Gasteiger partial charge < -0.3 is 10.0 Å². The molecule has 0 aliphatic carbocycles. The van der Waals surface area contributed by atoms with Gasteiger partial charge in [0.25, 0.3) is 0 Å². The van der Waals surface area contributed by atoms with Gasteiger partial charge >= 0.3 is 0 Å². The molecular weight excluding hydrogens is 216 g/mol. The van der Waals surface area contributed by atoms with Crippen LogP contribution in [0.4, 0.5) is 5.82 Å². The molecule has 0 aromatic carbocycles. The number of nitriles is 1. The van der Waals surface area contributed by atoms with Gasteiger partial charge in [0.15, 0.2) is 5.82 Å². The molecule has 0 saturated carbocycles. The van der Waals surface area contributed by atoms with Crippen LogP contribution < -0.4 is 4.90 Å². The number of piperidine rings is 1. The number of hydrogen-bond acceptors (Lipinski definition) is 5. The minimum absolute atomic E-state index is 0.335. The summed E-state index contributed by atoms with van der Waals surface area (Å²) in [6, 6.07) is 2.19. The van der Waals surface area contributed by atoms with Crippen molar-refractivity contribution in [1.29, 1.82) is 5.26 Å². The number of aromatic nitrogens is 2. The first-order valence-electron chi connectivity index (χ1n) is 5.80. The summed E-state index contributed by atoms with van der Waals surface area (Å²) in [4.78, 5) is 1.95. The summed E-state index contributed by atoms with van der Waals surface area (Å²) in [6.07, 6.45) is 1.40. The van der Waals surface area contributed by atoms with Crippen LogP contribution in [0.3, 0.4) is 0 Å². The first-order chi connectivity index (χ1) is 8.13. The molecule has 0 bridgehead atoms. The lowest BCUT2D eigenvalue weighted by Crippen LogP contribution is -2.39. The van der Waals surface area contributed by atoms with E-state index in [0.717, 1.165) is 30.6 Å². The first kappa shape index (κ1) is 11.8. The molecule has 2 heterocycles. The van der Waals surface area contributed by atoms with Crippen LogP contribution in [0.25, 0.3) is 0 Å². The molecule has 1 atom stereocenters. The van der Waals surface area contributed by atoms with Crippen LogP contribution in [0.15, 0.2) is 0 Å². The number of anilines is 1. The van der Waals surface area contributed by atoms with Gasteiger partial charge in [0.2, 0.25) is 0 Å². The maximum atomic E-state index is 9.66. The number of nitrogens with zero attached hydrogens (tertiary/aromatic N) is 4. The summed E-state index contributed by atoms with van der Waals surface area (Å²) in [5, 5.41) is 27.0. The van der Waals surface area contributed by atoms with E-state index in [1.54, 1.807) is 0 Å². The van der Waals surface area contributed by atoms with E-state index in [0.29, 0.717) is 17.9 Å². The fraction of sp³-hybridized carbons (Fsp3) is 0.583. The Morgan fingerprint density at radius 2 is 2.18 bits per heavy atom. The van der Waals surface area contributed by atoms with Gasteiger partial charge in [0.05, 0.1) is 11.8 Å². The predicted octanol–water partition coefficient (Wildman–Crippen LogP) is 0.926. The number of aliphatic hydroxyl groups is 1. The predicted molar refractivity (Wildman–Crippen MR) is 63.7 cm³/mol. The van der Waals surface area contributed by atoms with Crippen molar-refractivity contribution in [1.82, 2.24) is 10.2 Å².